The number of allylic oxidation sites excluding steroid dienone is 5. The number of non-ortho nitro benzene ring substituents is 1. The monoisotopic (exact) mass is 349 g/mol. The average Bonchev–Trinajstić information content (AvgIpc) is 3.07. The Balaban J connectivity index is 1.72. The highest BCUT2D eigenvalue weighted by atomic mass is 19.4. The quantitative estimate of drug-likeness (QED) is 0.568. The van der Waals surface area contributed by atoms with Crippen LogP contribution in [0.2, 0.25) is 0 Å². The summed E-state index contributed by atoms with van der Waals surface area (Å²) in [4.78, 5) is 9.95. The van der Waals surface area contributed by atoms with Gasteiger partial charge in [-0.15, -0.1) is 0 Å². The molecule has 1 aromatic carbocycles. The summed E-state index contributed by atoms with van der Waals surface area (Å²) in [7, 11) is 0. The molecule has 2 bridgehead atoms. The lowest BCUT2D eigenvalue weighted by Gasteiger charge is -2.34. The summed E-state index contributed by atoms with van der Waals surface area (Å²) in [6, 6.07) is 2.58. The molecule has 1 spiro atoms. The first-order valence-corrected chi connectivity index (χ1v) is 7.91. The first-order chi connectivity index (χ1) is 11.8. The maximum absolute atomic E-state index is 13.3. The fourth-order valence-electron chi connectivity index (χ4n) is 4.12. The maximum Gasteiger partial charge on any atom is 0.420 e. The Kier molecular flexibility index (Phi) is 3.32. The number of benzene rings is 1. The van der Waals surface area contributed by atoms with Crippen LogP contribution in [0, 0.1) is 27.4 Å². The first kappa shape index (κ1) is 15.9. The second kappa shape index (κ2) is 5.21. The molecule has 3 unspecified atom stereocenters. The Morgan fingerprint density at radius 3 is 2.80 bits per heavy atom. The maximum atomic E-state index is 13.3. The van der Waals surface area contributed by atoms with E-state index in [0.29, 0.717) is 11.8 Å². The fourth-order valence-corrected chi connectivity index (χ4v) is 4.12. The van der Waals surface area contributed by atoms with Gasteiger partial charge in [0.1, 0.15) is 17.1 Å². The Morgan fingerprint density at radius 1 is 1.28 bits per heavy atom. The van der Waals surface area contributed by atoms with Crippen molar-refractivity contribution in [1.82, 2.24) is 0 Å². The van der Waals surface area contributed by atoms with E-state index < -0.39 is 33.5 Å². The van der Waals surface area contributed by atoms with Gasteiger partial charge in [0.15, 0.2) is 0 Å². The van der Waals surface area contributed by atoms with Gasteiger partial charge in [-0.25, -0.2) is 0 Å². The summed E-state index contributed by atoms with van der Waals surface area (Å²) in [5.41, 5.74) is -2.14. The molecule has 3 aliphatic rings. The molecule has 0 N–H and O–H groups in total. The van der Waals surface area contributed by atoms with Gasteiger partial charge < -0.3 is 4.74 Å². The number of alkyl halides is 3. The second-order valence-electron chi connectivity index (χ2n) is 6.66. The van der Waals surface area contributed by atoms with E-state index in [0.717, 1.165) is 25.0 Å². The van der Waals surface area contributed by atoms with Crippen molar-refractivity contribution in [2.45, 2.75) is 19.0 Å². The van der Waals surface area contributed by atoms with Crippen molar-refractivity contribution < 1.29 is 22.8 Å². The molecule has 1 aromatic rings. The molecule has 0 saturated heterocycles. The molecule has 7 heteroatoms. The van der Waals surface area contributed by atoms with E-state index in [4.69, 9.17) is 4.74 Å². The van der Waals surface area contributed by atoms with Crippen LogP contribution in [0.15, 0.2) is 54.3 Å². The van der Waals surface area contributed by atoms with Crippen LogP contribution in [-0.4, -0.2) is 4.92 Å². The van der Waals surface area contributed by atoms with E-state index in [1.54, 1.807) is 0 Å². The zero-order valence-electron chi connectivity index (χ0n) is 13.0. The largest absolute Gasteiger partial charge is 0.460 e. The Bertz CT molecular complexity index is 840. The summed E-state index contributed by atoms with van der Waals surface area (Å²) in [6.45, 7) is 0. The summed E-state index contributed by atoms with van der Waals surface area (Å²) in [5, 5.41) is 10.8. The van der Waals surface area contributed by atoms with Gasteiger partial charge in [-0.2, -0.15) is 13.2 Å². The predicted octanol–water partition coefficient (Wildman–Crippen LogP) is 5.03. The van der Waals surface area contributed by atoms with Crippen LogP contribution in [0.4, 0.5) is 18.9 Å². The van der Waals surface area contributed by atoms with Crippen molar-refractivity contribution in [3.63, 3.8) is 0 Å². The summed E-state index contributed by atoms with van der Waals surface area (Å²) < 4.78 is 45.7. The smallest absolute Gasteiger partial charge is 0.420 e. The Hall–Kier alpha value is -2.57. The van der Waals surface area contributed by atoms with Crippen molar-refractivity contribution in [1.29, 1.82) is 0 Å². The van der Waals surface area contributed by atoms with Gasteiger partial charge in [0, 0.05) is 12.1 Å². The number of hydrogen-bond acceptors (Lipinski definition) is 3. The highest BCUT2D eigenvalue weighted by Crippen LogP contribution is 2.60. The summed E-state index contributed by atoms with van der Waals surface area (Å²) in [6.07, 6.45) is 6.83. The topological polar surface area (TPSA) is 52.4 Å². The molecular formula is C18H14F3NO3. The minimum atomic E-state index is -4.74. The third kappa shape index (κ3) is 2.45. The van der Waals surface area contributed by atoms with Crippen LogP contribution in [0.1, 0.15) is 18.4 Å². The molecule has 1 saturated carbocycles. The Morgan fingerprint density at radius 2 is 2.08 bits per heavy atom. The number of fused-ring (bicyclic) bond motifs is 1. The highest BCUT2D eigenvalue weighted by molar-refractivity contribution is 5.47. The molecule has 3 aliphatic carbocycles. The lowest BCUT2D eigenvalue weighted by molar-refractivity contribution is -0.385. The molecule has 0 heterocycles. The van der Waals surface area contributed by atoms with Gasteiger partial charge in [0.25, 0.3) is 5.69 Å². The number of hydrogen-bond donors (Lipinski definition) is 0. The van der Waals surface area contributed by atoms with E-state index in [2.05, 4.69) is 6.08 Å². The SMILES string of the molecule is O=[N+]([O-])c1ccc(OC2=CC3CC4C=CC=CC24C3)c(C(F)(F)F)c1. The number of nitro groups is 1. The van der Waals surface area contributed by atoms with Crippen LogP contribution < -0.4 is 4.74 Å². The normalized spacial score (nSPS) is 29.5. The number of nitrogens with zero attached hydrogens (tertiary/aromatic N) is 1. The molecule has 4 nitrogen and oxygen atoms in total. The third-order valence-corrected chi connectivity index (χ3v) is 5.21. The van der Waals surface area contributed by atoms with Crippen molar-refractivity contribution in [3.8, 4) is 5.75 Å². The minimum Gasteiger partial charge on any atom is -0.460 e. The molecule has 3 atom stereocenters. The second-order valence-corrected chi connectivity index (χ2v) is 6.66. The van der Waals surface area contributed by atoms with Crippen LogP contribution in [0.3, 0.4) is 0 Å². The van der Waals surface area contributed by atoms with E-state index in [9.17, 15) is 23.3 Å². The molecule has 25 heavy (non-hydrogen) atoms. The molecule has 1 fully saturated rings. The molecule has 0 radical (unpaired) electrons. The number of rotatable bonds is 3. The van der Waals surface area contributed by atoms with Gasteiger partial charge in [-0.05, 0) is 36.8 Å². The van der Waals surface area contributed by atoms with Crippen molar-refractivity contribution in [2.75, 3.05) is 0 Å². The van der Waals surface area contributed by atoms with Gasteiger partial charge in [0.05, 0.1) is 10.3 Å². The van der Waals surface area contributed by atoms with Crippen LogP contribution >= 0.6 is 0 Å². The number of ether oxygens (including phenoxy) is 1. The van der Waals surface area contributed by atoms with Gasteiger partial charge in [0.2, 0.25) is 0 Å². The highest BCUT2D eigenvalue weighted by Gasteiger charge is 2.53. The van der Waals surface area contributed by atoms with Crippen LogP contribution in [-0.2, 0) is 6.18 Å². The van der Waals surface area contributed by atoms with Crippen LogP contribution in [0.5, 0.6) is 5.75 Å². The number of nitro benzene ring substituents is 1. The van der Waals surface area contributed by atoms with E-state index >= 15 is 0 Å². The van der Waals surface area contributed by atoms with Crippen LogP contribution in [0.25, 0.3) is 0 Å². The fraction of sp³-hybridized carbons (Fsp3) is 0.333. The summed E-state index contributed by atoms with van der Waals surface area (Å²) >= 11 is 0. The molecule has 4 rings (SSSR count). The van der Waals surface area contributed by atoms with Crippen molar-refractivity contribution in [2.24, 2.45) is 17.3 Å². The zero-order valence-corrected chi connectivity index (χ0v) is 13.0. The van der Waals surface area contributed by atoms with E-state index in [1.807, 2.05) is 24.3 Å². The average molecular weight is 349 g/mol. The molecule has 0 aromatic heterocycles. The molecule has 0 aliphatic heterocycles. The lowest BCUT2D eigenvalue weighted by Crippen LogP contribution is -2.28. The zero-order chi connectivity index (χ0) is 17.8. The van der Waals surface area contributed by atoms with Gasteiger partial charge in [-0.3, -0.25) is 10.1 Å². The minimum absolute atomic E-state index is 0.217. The lowest BCUT2D eigenvalue weighted by atomic mass is 9.74. The van der Waals surface area contributed by atoms with Crippen molar-refractivity contribution >= 4 is 5.69 Å². The third-order valence-electron chi connectivity index (χ3n) is 5.21. The predicted molar refractivity (Wildman–Crippen MR) is 83.7 cm³/mol. The first-order valence-electron chi connectivity index (χ1n) is 7.91. The Labute approximate surface area is 141 Å². The number of halogens is 3. The molecule has 0 amide bonds. The molecular weight excluding hydrogens is 335 g/mol. The van der Waals surface area contributed by atoms with E-state index in [1.165, 1.54) is 0 Å². The van der Waals surface area contributed by atoms with Gasteiger partial charge in [-0.1, -0.05) is 24.3 Å². The van der Waals surface area contributed by atoms with Gasteiger partial charge >= 0.3 is 6.18 Å². The van der Waals surface area contributed by atoms with Crippen molar-refractivity contribution in [3.05, 3.63) is 70.0 Å². The molecule has 130 valence electrons. The standard InChI is InChI=1S/C18H14F3NO3/c19-18(20,21)14-9-13(22(23)24)4-5-15(14)25-16-8-11-7-12-3-1-2-6-17(12,16)10-11/h1-6,8-9,11-12H,7,10H2. The van der Waals surface area contributed by atoms with E-state index in [-0.39, 0.29) is 11.8 Å². The summed E-state index contributed by atoms with van der Waals surface area (Å²) in [5.74, 6) is 0.608.